The Morgan fingerprint density at radius 2 is 1.27 bits per heavy atom. The Balaban J connectivity index is 2.13. The maximum Gasteiger partial charge on any atom is 0.414 e. The first-order valence-corrected chi connectivity index (χ1v) is 14.4. The van der Waals surface area contributed by atoms with Crippen LogP contribution in [0.3, 0.4) is 0 Å². The van der Waals surface area contributed by atoms with E-state index in [2.05, 4.69) is 21.3 Å². The number of aliphatic hydroxyl groups is 1. The summed E-state index contributed by atoms with van der Waals surface area (Å²) in [5.74, 6) is -4.19. The third-order valence-corrected chi connectivity index (χ3v) is 6.91. The van der Waals surface area contributed by atoms with Crippen molar-refractivity contribution in [2.45, 2.75) is 82.9 Å². The van der Waals surface area contributed by atoms with Gasteiger partial charge < -0.3 is 32.1 Å². The lowest BCUT2D eigenvalue weighted by molar-refractivity contribution is -0.206. The predicted octanol–water partition coefficient (Wildman–Crippen LogP) is 1.28. The first kappa shape index (κ1) is 36.7. The number of hydrogen-bond acceptors (Lipinski definition) is 6. The average Bonchev–Trinajstić information content (AvgIpc) is 2.97. The molecule has 0 saturated heterocycles. The number of rotatable bonds is 16. The molecule has 2 unspecified atom stereocenters. The molecule has 0 aromatic heterocycles. The molecule has 0 radical (unpaired) electrons. The summed E-state index contributed by atoms with van der Waals surface area (Å²) in [6.07, 6.45) is -9.04. The Bertz CT molecular complexity index is 1290. The molecule has 5 amide bonds. The maximum atomic E-state index is 13.4. The van der Waals surface area contributed by atoms with Gasteiger partial charge in [0.05, 0.1) is 6.42 Å². The first-order valence-electron chi connectivity index (χ1n) is 14.4. The van der Waals surface area contributed by atoms with Crippen LogP contribution in [0.15, 0.2) is 60.7 Å². The molecular formula is C31H40F3N5O6. The van der Waals surface area contributed by atoms with Gasteiger partial charge in [-0.2, -0.15) is 13.2 Å². The van der Waals surface area contributed by atoms with Crippen LogP contribution in [0, 0.1) is 5.92 Å². The van der Waals surface area contributed by atoms with E-state index in [1.807, 2.05) is 6.07 Å². The minimum Gasteiger partial charge on any atom is -0.384 e. The Labute approximate surface area is 259 Å². The molecule has 7 N–H and O–H groups in total. The molecule has 0 aliphatic carbocycles. The molecule has 45 heavy (non-hydrogen) atoms. The molecule has 2 rings (SSSR count). The zero-order valence-electron chi connectivity index (χ0n) is 25.3. The number of amides is 5. The Hall–Kier alpha value is -4.46. The third-order valence-electron chi connectivity index (χ3n) is 6.91. The lowest BCUT2D eigenvalue weighted by Crippen LogP contribution is -2.58. The Kier molecular flexibility index (Phi) is 14.0. The molecule has 0 aliphatic heterocycles. The molecule has 2 aromatic carbocycles. The van der Waals surface area contributed by atoms with Crippen LogP contribution in [-0.2, 0) is 36.8 Å². The van der Waals surface area contributed by atoms with Crippen molar-refractivity contribution in [2.24, 2.45) is 11.7 Å². The highest BCUT2D eigenvalue weighted by Crippen LogP contribution is 2.23. The standard InChI is InChI=1S/C31H40F3N5O6/c1-18(2)26(39-25(41)17-21-12-8-5-9-13-21)30(45)38-23(16-20-10-6-4-7-11-20)29(44)36-19(3)28(43)37-22(27(35)42)14-15-24(40)31(32,33)34/h4-13,18-19,22-24,26,40H,14-17H2,1-3H3,(H2,35,42)(H,36,44)(H,37,43)(H,38,45)(H,39,41)/t19-,22?,23-,24?,26-/m0/s1. The number of benzene rings is 2. The Morgan fingerprint density at radius 3 is 1.78 bits per heavy atom. The van der Waals surface area contributed by atoms with E-state index in [1.54, 1.807) is 68.4 Å². The van der Waals surface area contributed by atoms with Crippen LogP contribution in [-0.4, -0.2) is 71.1 Å². The van der Waals surface area contributed by atoms with Crippen LogP contribution in [0.25, 0.3) is 0 Å². The van der Waals surface area contributed by atoms with Gasteiger partial charge in [0, 0.05) is 6.42 Å². The molecule has 11 nitrogen and oxygen atoms in total. The molecule has 0 spiro atoms. The van der Waals surface area contributed by atoms with Gasteiger partial charge in [0.1, 0.15) is 30.3 Å². The molecule has 0 aliphatic rings. The van der Waals surface area contributed by atoms with Crippen molar-refractivity contribution in [3.8, 4) is 0 Å². The summed E-state index contributed by atoms with van der Waals surface area (Å²) >= 11 is 0. The second-order valence-corrected chi connectivity index (χ2v) is 11.0. The van der Waals surface area contributed by atoms with E-state index in [9.17, 15) is 42.3 Å². The summed E-state index contributed by atoms with van der Waals surface area (Å²) in [4.78, 5) is 64.0. The lowest BCUT2D eigenvalue weighted by atomic mass is 10.00. The fourth-order valence-corrected chi connectivity index (χ4v) is 4.31. The largest absolute Gasteiger partial charge is 0.414 e. The minimum absolute atomic E-state index is 0.0226. The number of nitrogens with two attached hydrogens (primary N) is 1. The van der Waals surface area contributed by atoms with E-state index in [0.29, 0.717) is 5.56 Å². The van der Waals surface area contributed by atoms with Crippen LogP contribution >= 0.6 is 0 Å². The predicted molar refractivity (Wildman–Crippen MR) is 159 cm³/mol. The van der Waals surface area contributed by atoms with Gasteiger partial charge in [-0.05, 0) is 36.8 Å². The van der Waals surface area contributed by atoms with Crippen LogP contribution < -0.4 is 27.0 Å². The molecule has 0 saturated carbocycles. The third kappa shape index (κ3) is 12.6. The molecule has 2 aromatic rings. The quantitative estimate of drug-likeness (QED) is 0.162. The number of aliphatic hydroxyl groups excluding tert-OH is 1. The molecule has 0 bridgehead atoms. The highest BCUT2D eigenvalue weighted by atomic mass is 19.4. The van der Waals surface area contributed by atoms with E-state index in [4.69, 9.17) is 5.73 Å². The summed E-state index contributed by atoms with van der Waals surface area (Å²) in [5.41, 5.74) is 6.65. The van der Waals surface area contributed by atoms with Crippen molar-refractivity contribution in [3.63, 3.8) is 0 Å². The average molecular weight is 636 g/mol. The molecule has 0 fully saturated rings. The highest BCUT2D eigenvalue weighted by molar-refractivity contribution is 5.95. The fraction of sp³-hybridized carbons (Fsp3) is 0.452. The van der Waals surface area contributed by atoms with Crippen LogP contribution in [0.1, 0.15) is 44.7 Å². The summed E-state index contributed by atoms with van der Waals surface area (Å²) in [7, 11) is 0. The van der Waals surface area contributed by atoms with Crippen molar-refractivity contribution in [2.75, 3.05) is 0 Å². The molecular weight excluding hydrogens is 595 g/mol. The summed E-state index contributed by atoms with van der Waals surface area (Å²) in [6, 6.07) is 12.6. The minimum atomic E-state index is -4.91. The molecule has 0 heterocycles. The lowest BCUT2D eigenvalue weighted by Gasteiger charge is -2.26. The van der Waals surface area contributed by atoms with Crippen LogP contribution in [0.2, 0.25) is 0 Å². The molecule has 246 valence electrons. The first-order chi connectivity index (χ1) is 21.1. The second kappa shape index (κ2) is 17.1. The zero-order valence-corrected chi connectivity index (χ0v) is 25.3. The van der Waals surface area contributed by atoms with Crippen molar-refractivity contribution in [1.29, 1.82) is 0 Å². The van der Waals surface area contributed by atoms with Gasteiger partial charge >= 0.3 is 6.18 Å². The van der Waals surface area contributed by atoms with Gasteiger partial charge in [0.2, 0.25) is 29.5 Å². The number of hydrogen-bond donors (Lipinski definition) is 6. The number of nitrogens with one attached hydrogen (secondary N) is 4. The van der Waals surface area contributed by atoms with Crippen molar-refractivity contribution >= 4 is 29.5 Å². The van der Waals surface area contributed by atoms with Crippen molar-refractivity contribution < 1.29 is 42.3 Å². The number of carbonyl (C=O) groups is 5. The van der Waals surface area contributed by atoms with E-state index in [0.717, 1.165) is 5.56 Å². The van der Waals surface area contributed by atoms with E-state index in [-0.39, 0.29) is 18.8 Å². The van der Waals surface area contributed by atoms with Gasteiger partial charge in [0.15, 0.2) is 0 Å². The van der Waals surface area contributed by atoms with Gasteiger partial charge in [-0.3, -0.25) is 24.0 Å². The van der Waals surface area contributed by atoms with Crippen LogP contribution in [0.4, 0.5) is 13.2 Å². The smallest absolute Gasteiger partial charge is 0.384 e. The van der Waals surface area contributed by atoms with Gasteiger partial charge in [-0.25, -0.2) is 0 Å². The number of halogens is 3. The zero-order chi connectivity index (χ0) is 33.7. The number of carbonyl (C=O) groups excluding carboxylic acids is 5. The van der Waals surface area contributed by atoms with Crippen molar-refractivity contribution in [1.82, 2.24) is 21.3 Å². The highest BCUT2D eigenvalue weighted by Gasteiger charge is 2.39. The summed E-state index contributed by atoms with van der Waals surface area (Å²) < 4.78 is 38.0. The second-order valence-electron chi connectivity index (χ2n) is 11.0. The summed E-state index contributed by atoms with van der Waals surface area (Å²) in [6.45, 7) is 4.74. The fourth-order valence-electron chi connectivity index (χ4n) is 4.31. The maximum absolute atomic E-state index is 13.4. The SMILES string of the molecule is CC(C)[C@H](NC(=O)Cc1ccccc1)C(=O)N[C@@H](Cc1ccccc1)C(=O)N[C@@H](C)C(=O)NC(CCC(O)C(F)(F)F)C(N)=O. The molecule has 14 heteroatoms. The molecule has 5 atom stereocenters. The van der Waals surface area contributed by atoms with Gasteiger partial charge in [-0.15, -0.1) is 0 Å². The van der Waals surface area contributed by atoms with Crippen molar-refractivity contribution in [3.05, 3.63) is 71.8 Å². The van der Waals surface area contributed by atoms with E-state index >= 15 is 0 Å². The van der Waals surface area contributed by atoms with E-state index in [1.165, 1.54) is 6.92 Å². The van der Waals surface area contributed by atoms with E-state index < -0.39 is 78.8 Å². The Morgan fingerprint density at radius 1 is 0.733 bits per heavy atom. The number of primary amides is 1. The van der Waals surface area contributed by atoms with Crippen LogP contribution in [0.5, 0.6) is 0 Å². The number of alkyl halides is 3. The van der Waals surface area contributed by atoms with Gasteiger partial charge in [-0.1, -0.05) is 74.5 Å². The normalized spacial score (nSPS) is 14.8. The topological polar surface area (TPSA) is 180 Å². The van der Waals surface area contributed by atoms with Gasteiger partial charge in [0.25, 0.3) is 0 Å². The summed E-state index contributed by atoms with van der Waals surface area (Å²) in [5, 5.41) is 19.2. The monoisotopic (exact) mass is 635 g/mol.